The van der Waals surface area contributed by atoms with Crippen LogP contribution in [0.2, 0.25) is 0 Å². The molecule has 0 saturated carbocycles. The van der Waals surface area contributed by atoms with Crippen LogP contribution in [-0.2, 0) is 12.1 Å². The number of aryl methyl sites for hydroxylation is 1. The molecule has 0 radical (unpaired) electrons. The van der Waals surface area contributed by atoms with Crippen LogP contribution in [0.25, 0.3) is 10.9 Å². The van der Waals surface area contributed by atoms with Crippen molar-refractivity contribution in [1.29, 1.82) is 0 Å². The maximum atomic E-state index is 13.4. The van der Waals surface area contributed by atoms with Gasteiger partial charge in [-0.1, -0.05) is 42.0 Å². The van der Waals surface area contributed by atoms with E-state index in [2.05, 4.69) is 88.3 Å². The highest BCUT2D eigenvalue weighted by atomic mass is 16.1. The van der Waals surface area contributed by atoms with Crippen LogP contribution < -0.4 is 5.56 Å². The highest BCUT2D eigenvalue weighted by Crippen LogP contribution is 2.30. The number of benzene rings is 2. The van der Waals surface area contributed by atoms with E-state index in [4.69, 9.17) is 0 Å². The Morgan fingerprint density at radius 1 is 1.00 bits per heavy atom. The van der Waals surface area contributed by atoms with Crippen molar-refractivity contribution in [3.8, 4) is 0 Å². The summed E-state index contributed by atoms with van der Waals surface area (Å²) in [6, 6.07) is 18.3. The first kappa shape index (κ1) is 23.4. The molecule has 8 nitrogen and oxygen atoms in total. The molecule has 2 aromatic carbocycles. The minimum absolute atomic E-state index is 0.0958. The van der Waals surface area contributed by atoms with E-state index in [-0.39, 0.29) is 17.1 Å². The van der Waals surface area contributed by atoms with Gasteiger partial charge in [0.1, 0.15) is 6.04 Å². The first-order valence-corrected chi connectivity index (χ1v) is 12.2. The number of H-pyrrole nitrogens is 1. The summed E-state index contributed by atoms with van der Waals surface area (Å²) in [6.45, 7) is 12.7. The molecule has 3 heterocycles. The summed E-state index contributed by atoms with van der Waals surface area (Å²) < 4.78 is 1.86. The number of hydrogen-bond acceptors (Lipinski definition) is 6. The number of pyridine rings is 1. The molecular formula is C27H33N7O. The standard InChI is InChI=1S/C27H33N7O/c1-19-10-11-23-21(16-19)17-22(26(35)28-23)24(25-29-30-31-34(25)27(2,3)4)33-14-12-32(13-15-33)18-20-8-6-5-7-9-20/h5-11,16-17,24H,12-15,18H2,1-4H3,(H,28,35). The lowest BCUT2D eigenvalue weighted by Crippen LogP contribution is -2.49. The van der Waals surface area contributed by atoms with Gasteiger partial charge < -0.3 is 4.98 Å². The Morgan fingerprint density at radius 3 is 2.46 bits per heavy atom. The number of fused-ring (bicyclic) bond motifs is 1. The van der Waals surface area contributed by atoms with Gasteiger partial charge in [-0.2, -0.15) is 0 Å². The van der Waals surface area contributed by atoms with Crippen molar-refractivity contribution in [2.45, 2.75) is 45.8 Å². The second kappa shape index (κ2) is 9.36. The van der Waals surface area contributed by atoms with Crippen molar-refractivity contribution >= 4 is 10.9 Å². The Hall–Kier alpha value is -3.36. The quantitative estimate of drug-likeness (QED) is 0.480. The van der Waals surface area contributed by atoms with Gasteiger partial charge in [0.05, 0.1) is 5.54 Å². The highest BCUT2D eigenvalue weighted by Gasteiger charge is 2.34. The summed E-state index contributed by atoms with van der Waals surface area (Å²) >= 11 is 0. The molecule has 1 fully saturated rings. The molecule has 35 heavy (non-hydrogen) atoms. The zero-order chi connectivity index (χ0) is 24.6. The fourth-order valence-electron chi connectivity index (χ4n) is 4.91. The Balaban J connectivity index is 1.51. The van der Waals surface area contributed by atoms with Crippen LogP contribution in [0.15, 0.2) is 59.4 Å². The summed E-state index contributed by atoms with van der Waals surface area (Å²) in [5.41, 5.74) is 3.58. The van der Waals surface area contributed by atoms with E-state index in [0.717, 1.165) is 49.2 Å². The van der Waals surface area contributed by atoms with Crippen molar-refractivity contribution < 1.29 is 0 Å². The number of aromatic nitrogens is 5. The maximum absolute atomic E-state index is 13.4. The summed E-state index contributed by atoms with van der Waals surface area (Å²) in [4.78, 5) is 21.3. The van der Waals surface area contributed by atoms with Crippen molar-refractivity contribution in [3.05, 3.63) is 87.5 Å². The monoisotopic (exact) mass is 471 g/mol. The lowest BCUT2D eigenvalue weighted by molar-refractivity contribution is 0.0975. The lowest BCUT2D eigenvalue weighted by atomic mass is 10.0. The van der Waals surface area contributed by atoms with Crippen molar-refractivity contribution in [2.24, 2.45) is 0 Å². The van der Waals surface area contributed by atoms with Gasteiger partial charge in [-0.3, -0.25) is 14.6 Å². The van der Waals surface area contributed by atoms with Gasteiger partial charge in [-0.05, 0) is 67.3 Å². The van der Waals surface area contributed by atoms with Crippen molar-refractivity contribution in [2.75, 3.05) is 26.2 Å². The van der Waals surface area contributed by atoms with E-state index in [1.807, 2.05) is 28.9 Å². The zero-order valence-corrected chi connectivity index (χ0v) is 20.9. The summed E-state index contributed by atoms with van der Waals surface area (Å²) in [7, 11) is 0. The molecule has 0 amide bonds. The van der Waals surface area contributed by atoms with E-state index in [0.29, 0.717) is 11.4 Å². The van der Waals surface area contributed by atoms with Gasteiger partial charge >= 0.3 is 0 Å². The minimum atomic E-state index is -0.336. The number of hydrogen-bond donors (Lipinski definition) is 1. The molecule has 0 bridgehead atoms. The van der Waals surface area contributed by atoms with E-state index < -0.39 is 0 Å². The van der Waals surface area contributed by atoms with E-state index in [9.17, 15) is 4.79 Å². The third kappa shape index (κ3) is 4.90. The normalized spacial score (nSPS) is 16.6. The second-order valence-corrected chi connectivity index (χ2v) is 10.5. The SMILES string of the molecule is Cc1ccc2[nH]c(=O)c(C(c3nnnn3C(C)(C)C)N3CCN(Cc4ccccc4)CC3)cc2c1. The van der Waals surface area contributed by atoms with Crippen molar-refractivity contribution in [1.82, 2.24) is 35.0 Å². The summed E-state index contributed by atoms with van der Waals surface area (Å²) in [5.74, 6) is 0.700. The molecular weight excluding hydrogens is 438 g/mol. The molecule has 2 aromatic heterocycles. The van der Waals surface area contributed by atoms with Crippen LogP contribution >= 0.6 is 0 Å². The lowest BCUT2D eigenvalue weighted by Gasteiger charge is -2.39. The van der Waals surface area contributed by atoms with Crippen LogP contribution in [0.4, 0.5) is 0 Å². The molecule has 0 aliphatic carbocycles. The maximum Gasteiger partial charge on any atom is 0.253 e. The predicted molar refractivity (Wildman–Crippen MR) is 137 cm³/mol. The molecule has 4 aromatic rings. The van der Waals surface area contributed by atoms with Gasteiger partial charge in [0, 0.05) is 43.8 Å². The number of nitrogens with zero attached hydrogens (tertiary/aromatic N) is 6. The van der Waals surface area contributed by atoms with E-state index in [1.54, 1.807) is 0 Å². The molecule has 0 spiro atoms. The second-order valence-electron chi connectivity index (χ2n) is 10.5. The Morgan fingerprint density at radius 2 is 1.74 bits per heavy atom. The van der Waals surface area contributed by atoms with Gasteiger partial charge in [-0.25, -0.2) is 4.68 Å². The van der Waals surface area contributed by atoms with Crippen molar-refractivity contribution in [3.63, 3.8) is 0 Å². The van der Waals surface area contributed by atoms with Crippen LogP contribution in [0.1, 0.15) is 49.3 Å². The summed E-state index contributed by atoms with van der Waals surface area (Å²) in [5, 5.41) is 13.8. The van der Waals surface area contributed by atoms with E-state index in [1.165, 1.54) is 5.56 Å². The average Bonchev–Trinajstić information content (AvgIpc) is 3.32. The molecule has 8 heteroatoms. The average molecular weight is 472 g/mol. The highest BCUT2D eigenvalue weighted by molar-refractivity contribution is 5.79. The Kier molecular flexibility index (Phi) is 6.25. The number of tetrazole rings is 1. The molecule has 182 valence electrons. The molecule has 1 N–H and O–H groups in total. The number of rotatable bonds is 5. The van der Waals surface area contributed by atoms with Gasteiger partial charge in [0.25, 0.3) is 5.56 Å². The van der Waals surface area contributed by atoms with Crippen LogP contribution in [-0.4, -0.2) is 61.2 Å². The third-order valence-corrected chi connectivity index (χ3v) is 6.72. The van der Waals surface area contributed by atoms with Crippen LogP contribution in [0.5, 0.6) is 0 Å². The molecule has 1 aliphatic heterocycles. The van der Waals surface area contributed by atoms with Gasteiger partial charge in [0.15, 0.2) is 5.82 Å². The Bertz CT molecular complexity index is 1360. The Labute approximate surface area is 205 Å². The fourth-order valence-corrected chi connectivity index (χ4v) is 4.91. The minimum Gasteiger partial charge on any atom is -0.322 e. The molecule has 1 saturated heterocycles. The zero-order valence-electron chi connectivity index (χ0n) is 20.9. The largest absolute Gasteiger partial charge is 0.322 e. The third-order valence-electron chi connectivity index (χ3n) is 6.72. The summed E-state index contributed by atoms with van der Waals surface area (Å²) in [6.07, 6.45) is 0. The van der Waals surface area contributed by atoms with Crippen LogP contribution in [0, 0.1) is 6.92 Å². The van der Waals surface area contributed by atoms with Gasteiger partial charge in [-0.15, -0.1) is 5.10 Å². The molecule has 1 aliphatic rings. The smallest absolute Gasteiger partial charge is 0.253 e. The molecule has 1 unspecified atom stereocenters. The van der Waals surface area contributed by atoms with E-state index >= 15 is 0 Å². The number of nitrogens with one attached hydrogen (secondary N) is 1. The number of aromatic amines is 1. The van der Waals surface area contributed by atoms with Gasteiger partial charge in [0.2, 0.25) is 0 Å². The first-order chi connectivity index (χ1) is 16.8. The fraction of sp³-hybridized carbons (Fsp3) is 0.407. The topological polar surface area (TPSA) is 82.9 Å². The molecule has 1 atom stereocenters. The first-order valence-electron chi connectivity index (χ1n) is 12.2. The van der Waals surface area contributed by atoms with Crippen LogP contribution in [0.3, 0.4) is 0 Å². The predicted octanol–water partition coefficient (Wildman–Crippen LogP) is 3.49. The number of piperazine rings is 1. The molecule has 5 rings (SSSR count).